The van der Waals surface area contributed by atoms with Gasteiger partial charge < -0.3 is 15.2 Å². The topological polar surface area (TPSA) is 71.8 Å². The molecule has 0 saturated heterocycles. The van der Waals surface area contributed by atoms with E-state index >= 15 is 0 Å². The van der Waals surface area contributed by atoms with E-state index in [1.807, 2.05) is 49.6 Å². The van der Waals surface area contributed by atoms with Crippen LogP contribution >= 0.6 is 0 Å². The van der Waals surface area contributed by atoms with Gasteiger partial charge in [-0.1, -0.05) is 6.07 Å². The lowest BCUT2D eigenvalue weighted by Crippen LogP contribution is -2.17. The van der Waals surface area contributed by atoms with Crippen LogP contribution in [-0.4, -0.2) is 27.0 Å². The van der Waals surface area contributed by atoms with Crippen LogP contribution in [0.5, 0.6) is 0 Å². The average Bonchev–Trinajstić information content (AvgIpc) is 2.99. The molecule has 0 spiro atoms. The number of aryl methyl sites for hydroxylation is 2. The van der Waals surface area contributed by atoms with E-state index in [2.05, 4.69) is 25.2 Å². The highest BCUT2D eigenvalue weighted by Gasteiger charge is 2.02. The number of carbonyl (C=O) groups excluding carboxylic acids is 1. The second kappa shape index (κ2) is 7.90. The summed E-state index contributed by atoms with van der Waals surface area (Å²) in [6.45, 7) is 6.16. The van der Waals surface area contributed by atoms with E-state index in [9.17, 15) is 4.79 Å². The predicted octanol–water partition coefficient (Wildman–Crippen LogP) is 2.88. The Kier molecular flexibility index (Phi) is 5.40. The summed E-state index contributed by atoms with van der Waals surface area (Å²) in [5.41, 5.74) is 2.74. The summed E-state index contributed by atoms with van der Waals surface area (Å²) < 4.78 is 2.16. The maximum absolute atomic E-state index is 11.1. The number of fused-ring (bicyclic) bond motifs is 1. The van der Waals surface area contributed by atoms with Crippen LogP contribution in [0.1, 0.15) is 24.9 Å². The number of hydrogen-bond donors (Lipinski definition) is 2. The number of imidazole rings is 1. The molecule has 0 radical (unpaired) electrons. The minimum absolute atomic E-state index is 0.0704. The van der Waals surface area contributed by atoms with Crippen molar-refractivity contribution in [3.8, 4) is 0 Å². The van der Waals surface area contributed by atoms with Gasteiger partial charge in [-0.05, 0) is 44.2 Å². The number of amides is 1. The quantitative estimate of drug-likeness (QED) is 0.650. The van der Waals surface area contributed by atoms with Crippen LogP contribution in [0.3, 0.4) is 0 Å². The van der Waals surface area contributed by atoms with Crippen LogP contribution in [0.25, 0.3) is 10.9 Å². The van der Waals surface area contributed by atoms with Crippen molar-refractivity contribution in [2.45, 2.75) is 33.4 Å². The van der Waals surface area contributed by atoms with Gasteiger partial charge in [0.05, 0.1) is 11.2 Å². The third-order valence-electron chi connectivity index (χ3n) is 4.05. The fourth-order valence-corrected chi connectivity index (χ4v) is 2.78. The Morgan fingerprint density at radius 1 is 1.24 bits per heavy atom. The Labute approximate surface area is 147 Å². The van der Waals surface area contributed by atoms with E-state index in [0.717, 1.165) is 54.2 Å². The number of aromatic nitrogens is 3. The number of rotatable bonds is 7. The van der Waals surface area contributed by atoms with Crippen molar-refractivity contribution >= 4 is 22.5 Å². The Balaban J connectivity index is 1.51. The fraction of sp³-hybridized carbons (Fsp3) is 0.316. The summed E-state index contributed by atoms with van der Waals surface area (Å²) in [6.07, 6.45) is 4.89. The zero-order chi connectivity index (χ0) is 17.6. The van der Waals surface area contributed by atoms with Gasteiger partial charge in [0.2, 0.25) is 5.91 Å². The van der Waals surface area contributed by atoms with Gasteiger partial charge in [-0.3, -0.25) is 9.78 Å². The number of nitrogens with one attached hydrogen (secondary N) is 2. The summed E-state index contributed by atoms with van der Waals surface area (Å²) in [5.74, 6) is 0.980. The van der Waals surface area contributed by atoms with Gasteiger partial charge in [0.25, 0.3) is 0 Å². The normalized spacial score (nSPS) is 11.0. The van der Waals surface area contributed by atoms with Crippen LogP contribution in [0.2, 0.25) is 0 Å². The standard InChI is InChI=1S/C19H23N5O/c1-14-21-9-11-24(14)10-3-8-20-13-18-5-4-16-12-17(22-15(2)25)6-7-19(16)23-18/h4-7,9,11-12,20H,3,8,10,13H2,1-2H3,(H,22,25). The van der Waals surface area contributed by atoms with Crippen LogP contribution in [0.15, 0.2) is 42.7 Å². The van der Waals surface area contributed by atoms with Crippen molar-refractivity contribution in [2.75, 3.05) is 11.9 Å². The summed E-state index contributed by atoms with van der Waals surface area (Å²) in [4.78, 5) is 20.0. The van der Waals surface area contributed by atoms with Gasteiger partial charge in [-0.15, -0.1) is 0 Å². The third kappa shape index (κ3) is 4.64. The van der Waals surface area contributed by atoms with E-state index in [1.165, 1.54) is 6.92 Å². The lowest BCUT2D eigenvalue weighted by molar-refractivity contribution is -0.114. The van der Waals surface area contributed by atoms with E-state index in [1.54, 1.807) is 0 Å². The number of anilines is 1. The second-order valence-electron chi connectivity index (χ2n) is 6.09. The van der Waals surface area contributed by atoms with Gasteiger partial charge in [-0.25, -0.2) is 4.98 Å². The molecule has 2 N–H and O–H groups in total. The monoisotopic (exact) mass is 337 g/mol. The van der Waals surface area contributed by atoms with Crippen molar-refractivity contribution in [3.05, 3.63) is 54.2 Å². The highest BCUT2D eigenvalue weighted by atomic mass is 16.1. The molecule has 25 heavy (non-hydrogen) atoms. The predicted molar refractivity (Wildman–Crippen MR) is 99.3 cm³/mol. The number of carbonyl (C=O) groups is 1. The largest absolute Gasteiger partial charge is 0.335 e. The maximum atomic E-state index is 11.1. The molecule has 3 aromatic rings. The van der Waals surface area contributed by atoms with Gasteiger partial charge in [0.15, 0.2) is 0 Å². The molecule has 2 aromatic heterocycles. The van der Waals surface area contributed by atoms with Crippen LogP contribution in [0, 0.1) is 6.92 Å². The highest BCUT2D eigenvalue weighted by Crippen LogP contribution is 2.18. The summed E-state index contributed by atoms with van der Waals surface area (Å²) in [6, 6.07) is 9.81. The molecule has 0 saturated carbocycles. The number of nitrogens with zero attached hydrogens (tertiary/aromatic N) is 3. The summed E-state index contributed by atoms with van der Waals surface area (Å²) in [5, 5.41) is 7.24. The Morgan fingerprint density at radius 2 is 2.12 bits per heavy atom. The van der Waals surface area contributed by atoms with Crippen LogP contribution in [-0.2, 0) is 17.9 Å². The molecule has 0 aliphatic rings. The van der Waals surface area contributed by atoms with Crippen molar-refractivity contribution in [1.82, 2.24) is 19.9 Å². The Morgan fingerprint density at radius 3 is 2.88 bits per heavy atom. The second-order valence-corrected chi connectivity index (χ2v) is 6.09. The first-order valence-electron chi connectivity index (χ1n) is 8.47. The third-order valence-corrected chi connectivity index (χ3v) is 4.05. The first kappa shape index (κ1) is 17.1. The Hall–Kier alpha value is -2.73. The fourth-order valence-electron chi connectivity index (χ4n) is 2.78. The lowest BCUT2D eigenvalue weighted by atomic mass is 10.2. The molecular formula is C19H23N5O. The molecule has 130 valence electrons. The van der Waals surface area contributed by atoms with Crippen molar-refractivity contribution in [2.24, 2.45) is 0 Å². The zero-order valence-electron chi connectivity index (χ0n) is 14.6. The number of hydrogen-bond acceptors (Lipinski definition) is 4. The molecule has 1 aromatic carbocycles. The van der Waals surface area contributed by atoms with E-state index in [0.29, 0.717) is 0 Å². The zero-order valence-corrected chi connectivity index (χ0v) is 14.6. The Bertz CT molecular complexity index is 871. The van der Waals surface area contributed by atoms with Crippen molar-refractivity contribution in [1.29, 1.82) is 0 Å². The maximum Gasteiger partial charge on any atom is 0.221 e. The van der Waals surface area contributed by atoms with Gasteiger partial charge in [0, 0.05) is 43.5 Å². The minimum Gasteiger partial charge on any atom is -0.335 e. The first-order valence-corrected chi connectivity index (χ1v) is 8.47. The molecule has 2 heterocycles. The molecule has 1 amide bonds. The van der Waals surface area contributed by atoms with E-state index in [4.69, 9.17) is 0 Å². The molecule has 0 aliphatic heterocycles. The SMILES string of the molecule is CC(=O)Nc1ccc2nc(CNCCCn3ccnc3C)ccc2c1. The summed E-state index contributed by atoms with van der Waals surface area (Å²) in [7, 11) is 0. The molecule has 0 bridgehead atoms. The van der Waals surface area contributed by atoms with Crippen molar-refractivity contribution < 1.29 is 4.79 Å². The molecule has 3 rings (SSSR count). The number of pyridine rings is 1. The molecule has 6 nitrogen and oxygen atoms in total. The summed E-state index contributed by atoms with van der Waals surface area (Å²) >= 11 is 0. The van der Waals surface area contributed by atoms with Gasteiger partial charge in [0.1, 0.15) is 5.82 Å². The van der Waals surface area contributed by atoms with E-state index < -0.39 is 0 Å². The molecule has 0 unspecified atom stereocenters. The smallest absolute Gasteiger partial charge is 0.221 e. The molecule has 0 atom stereocenters. The van der Waals surface area contributed by atoms with Crippen molar-refractivity contribution in [3.63, 3.8) is 0 Å². The van der Waals surface area contributed by atoms with Gasteiger partial charge in [-0.2, -0.15) is 0 Å². The lowest BCUT2D eigenvalue weighted by Gasteiger charge is -2.08. The molecule has 0 aliphatic carbocycles. The van der Waals surface area contributed by atoms with E-state index in [-0.39, 0.29) is 5.91 Å². The first-order chi connectivity index (χ1) is 12.1. The highest BCUT2D eigenvalue weighted by molar-refractivity contribution is 5.92. The number of benzene rings is 1. The van der Waals surface area contributed by atoms with Gasteiger partial charge >= 0.3 is 0 Å². The molecular weight excluding hydrogens is 314 g/mol. The van der Waals surface area contributed by atoms with Crippen LogP contribution < -0.4 is 10.6 Å². The average molecular weight is 337 g/mol. The minimum atomic E-state index is -0.0704. The van der Waals surface area contributed by atoms with Crippen LogP contribution in [0.4, 0.5) is 5.69 Å². The molecule has 6 heteroatoms. The molecule has 0 fully saturated rings.